The Balaban J connectivity index is 0.000000561. The molecule has 0 heterocycles. The van der Waals surface area contributed by atoms with E-state index in [9.17, 15) is 5.11 Å². The first-order chi connectivity index (χ1) is 5.52. The first-order valence-electron chi connectivity index (χ1n) is 5.20. The van der Waals surface area contributed by atoms with Crippen LogP contribution < -0.4 is 0 Å². The summed E-state index contributed by atoms with van der Waals surface area (Å²) in [7, 11) is 0. The molecule has 0 aliphatic heterocycles. The summed E-state index contributed by atoms with van der Waals surface area (Å²) in [5, 5.41) is 9.36. The van der Waals surface area contributed by atoms with Crippen LogP contribution >= 0.6 is 0 Å². The summed E-state index contributed by atoms with van der Waals surface area (Å²) in [6, 6.07) is 0. The molecule has 0 amide bonds. The minimum atomic E-state index is -0.0359. The zero-order valence-corrected chi connectivity index (χ0v) is 9.22. The van der Waals surface area contributed by atoms with Crippen LogP contribution in [0, 0.1) is 11.3 Å². The van der Waals surface area contributed by atoms with Crippen LogP contribution in [0.2, 0.25) is 0 Å². The molecule has 74 valence electrons. The van der Waals surface area contributed by atoms with Crippen molar-refractivity contribution in [1.29, 1.82) is 0 Å². The van der Waals surface area contributed by atoms with Crippen LogP contribution in [-0.2, 0) is 0 Å². The molecule has 0 aromatic heterocycles. The lowest BCUT2D eigenvalue weighted by molar-refractivity contribution is 0.0300. The van der Waals surface area contributed by atoms with Gasteiger partial charge >= 0.3 is 0 Å². The third-order valence-corrected chi connectivity index (χ3v) is 3.03. The average Bonchev–Trinajstić information content (AvgIpc) is 2.01. The first-order valence-corrected chi connectivity index (χ1v) is 5.20. The molecule has 0 bridgehead atoms. The highest BCUT2D eigenvalue weighted by atomic mass is 16.3. The van der Waals surface area contributed by atoms with E-state index in [-0.39, 0.29) is 6.10 Å². The molecular weight excluding hydrogens is 148 g/mol. The molecule has 1 aliphatic carbocycles. The SMILES string of the molecule is CC.CC1CCC(O)CC1(C)C. The van der Waals surface area contributed by atoms with Crippen molar-refractivity contribution in [3.05, 3.63) is 0 Å². The Morgan fingerprint density at radius 1 is 1.17 bits per heavy atom. The Hall–Kier alpha value is -0.0400. The highest BCUT2D eigenvalue weighted by Gasteiger charge is 2.32. The Bertz CT molecular complexity index is 118. The van der Waals surface area contributed by atoms with Crippen LogP contribution in [0.15, 0.2) is 0 Å². The Kier molecular flexibility index (Phi) is 4.84. The smallest absolute Gasteiger partial charge is 0.0545 e. The molecule has 1 aliphatic rings. The van der Waals surface area contributed by atoms with Crippen molar-refractivity contribution in [2.24, 2.45) is 11.3 Å². The van der Waals surface area contributed by atoms with Crippen molar-refractivity contribution < 1.29 is 5.11 Å². The summed E-state index contributed by atoms with van der Waals surface area (Å²) in [5.74, 6) is 0.774. The van der Waals surface area contributed by atoms with Crippen molar-refractivity contribution in [3.63, 3.8) is 0 Å². The van der Waals surface area contributed by atoms with Gasteiger partial charge in [0.2, 0.25) is 0 Å². The topological polar surface area (TPSA) is 20.2 Å². The van der Waals surface area contributed by atoms with Gasteiger partial charge in [-0.1, -0.05) is 34.6 Å². The van der Waals surface area contributed by atoms with Gasteiger partial charge in [-0.2, -0.15) is 0 Å². The standard InChI is InChI=1S/C9H18O.C2H6/c1-7-4-5-8(10)6-9(7,2)3;1-2/h7-8,10H,4-6H2,1-3H3;1-2H3. The van der Waals surface area contributed by atoms with Gasteiger partial charge in [0, 0.05) is 0 Å². The molecule has 0 spiro atoms. The first kappa shape index (κ1) is 12.0. The number of hydrogen-bond acceptors (Lipinski definition) is 1. The average molecular weight is 172 g/mol. The fourth-order valence-electron chi connectivity index (χ4n) is 1.74. The summed E-state index contributed by atoms with van der Waals surface area (Å²) < 4.78 is 0. The molecule has 1 saturated carbocycles. The predicted octanol–water partition coefficient (Wildman–Crippen LogP) is 3.22. The summed E-state index contributed by atoms with van der Waals surface area (Å²) in [6.45, 7) is 10.8. The lowest BCUT2D eigenvalue weighted by Crippen LogP contribution is -2.32. The molecule has 0 saturated heterocycles. The Morgan fingerprint density at radius 3 is 2.00 bits per heavy atom. The van der Waals surface area contributed by atoms with E-state index in [0.717, 1.165) is 18.8 Å². The van der Waals surface area contributed by atoms with Crippen LogP contribution in [0.1, 0.15) is 53.9 Å². The summed E-state index contributed by atoms with van der Waals surface area (Å²) in [6.07, 6.45) is 3.14. The third kappa shape index (κ3) is 3.14. The number of rotatable bonds is 0. The van der Waals surface area contributed by atoms with E-state index in [2.05, 4.69) is 20.8 Å². The lowest BCUT2D eigenvalue weighted by Gasteiger charge is -2.38. The van der Waals surface area contributed by atoms with E-state index in [1.807, 2.05) is 13.8 Å². The van der Waals surface area contributed by atoms with Gasteiger partial charge in [0.25, 0.3) is 0 Å². The van der Waals surface area contributed by atoms with Crippen molar-refractivity contribution in [2.45, 2.75) is 60.0 Å². The van der Waals surface area contributed by atoms with Crippen molar-refractivity contribution >= 4 is 0 Å². The Morgan fingerprint density at radius 2 is 1.67 bits per heavy atom. The van der Waals surface area contributed by atoms with Crippen molar-refractivity contribution in [1.82, 2.24) is 0 Å². The minimum Gasteiger partial charge on any atom is -0.393 e. The molecule has 1 nitrogen and oxygen atoms in total. The molecule has 2 unspecified atom stereocenters. The van der Waals surface area contributed by atoms with Crippen LogP contribution in [0.5, 0.6) is 0 Å². The van der Waals surface area contributed by atoms with Crippen molar-refractivity contribution in [2.75, 3.05) is 0 Å². The number of aliphatic hydroxyl groups is 1. The molecule has 0 aromatic carbocycles. The third-order valence-electron chi connectivity index (χ3n) is 3.03. The lowest BCUT2D eigenvalue weighted by atomic mass is 9.69. The van der Waals surface area contributed by atoms with E-state index in [1.54, 1.807) is 0 Å². The summed E-state index contributed by atoms with van der Waals surface area (Å²) in [4.78, 5) is 0. The highest BCUT2D eigenvalue weighted by molar-refractivity contribution is 4.83. The van der Waals surface area contributed by atoms with E-state index < -0.39 is 0 Å². The van der Waals surface area contributed by atoms with E-state index in [0.29, 0.717) is 5.41 Å². The second-order valence-corrected chi connectivity index (χ2v) is 4.32. The van der Waals surface area contributed by atoms with E-state index in [1.165, 1.54) is 6.42 Å². The predicted molar refractivity (Wildman–Crippen MR) is 54.2 cm³/mol. The zero-order valence-electron chi connectivity index (χ0n) is 9.22. The second kappa shape index (κ2) is 4.86. The normalized spacial score (nSPS) is 33.5. The van der Waals surface area contributed by atoms with Crippen LogP contribution in [0.25, 0.3) is 0 Å². The zero-order chi connectivity index (χ0) is 9.78. The molecule has 1 heteroatoms. The van der Waals surface area contributed by atoms with Gasteiger partial charge in [0.1, 0.15) is 0 Å². The molecule has 0 radical (unpaired) electrons. The molecule has 2 atom stereocenters. The van der Waals surface area contributed by atoms with E-state index >= 15 is 0 Å². The molecule has 1 rings (SSSR count). The van der Waals surface area contributed by atoms with Crippen LogP contribution in [0.4, 0.5) is 0 Å². The number of hydrogen-bond donors (Lipinski definition) is 1. The summed E-state index contributed by atoms with van der Waals surface area (Å²) >= 11 is 0. The quantitative estimate of drug-likeness (QED) is 0.595. The molecular formula is C11H24O. The van der Waals surface area contributed by atoms with Gasteiger partial charge in [-0.25, -0.2) is 0 Å². The maximum atomic E-state index is 9.36. The fraction of sp³-hybridized carbons (Fsp3) is 1.00. The number of aliphatic hydroxyl groups excluding tert-OH is 1. The minimum absolute atomic E-state index is 0.0359. The van der Waals surface area contributed by atoms with Gasteiger partial charge < -0.3 is 5.11 Å². The van der Waals surface area contributed by atoms with Crippen molar-refractivity contribution in [3.8, 4) is 0 Å². The van der Waals surface area contributed by atoms with Gasteiger partial charge in [-0.15, -0.1) is 0 Å². The van der Waals surface area contributed by atoms with Gasteiger partial charge in [-0.05, 0) is 30.6 Å². The molecule has 1 N–H and O–H groups in total. The van der Waals surface area contributed by atoms with Gasteiger partial charge in [0.15, 0.2) is 0 Å². The molecule has 1 fully saturated rings. The monoisotopic (exact) mass is 172 g/mol. The Labute approximate surface area is 77.2 Å². The maximum absolute atomic E-state index is 9.36. The second-order valence-electron chi connectivity index (χ2n) is 4.32. The van der Waals surface area contributed by atoms with Gasteiger partial charge in [0.05, 0.1) is 6.10 Å². The molecule has 0 aromatic rings. The van der Waals surface area contributed by atoms with E-state index in [4.69, 9.17) is 0 Å². The fourth-order valence-corrected chi connectivity index (χ4v) is 1.74. The largest absolute Gasteiger partial charge is 0.393 e. The highest BCUT2D eigenvalue weighted by Crippen LogP contribution is 2.39. The van der Waals surface area contributed by atoms with Crippen LogP contribution in [0.3, 0.4) is 0 Å². The maximum Gasteiger partial charge on any atom is 0.0545 e. The van der Waals surface area contributed by atoms with Crippen LogP contribution in [-0.4, -0.2) is 11.2 Å². The van der Waals surface area contributed by atoms with Gasteiger partial charge in [-0.3, -0.25) is 0 Å². The molecule has 12 heavy (non-hydrogen) atoms. The summed E-state index contributed by atoms with van der Waals surface area (Å²) in [5.41, 5.74) is 0.359.